The molecule has 1 unspecified atom stereocenters. The van der Waals surface area contributed by atoms with Gasteiger partial charge in [0.2, 0.25) is 0 Å². The zero-order valence-electron chi connectivity index (χ0n) is 13.3. The molecule has 120 valence electrons. The van der Waals surface area contributed by atoms with Gasteiger partial charge in [0.25, 0.3) is 0 Å². The van der Waals surface area contributed by atoms with Crippen LogP contribution in [0.1, 0.15) is 37.7 Å². The molecule has 0 saturated carbocycles. The van der Waals surface area contributed by atoms with Gasteiger partial charge in [-0.15, -0.1) is 0 Å². The highest BCUT2D eigenvalue weighted by Gasteiger charge is 2.28. The molecule has 0 heterocycles. The van der Waals surface area contributed by atoms with Gasteiger partial charge in [0, 0.05) is 20.1 Å². The number of methoxy groups -OCH3 is 1. The number of hydrogen-bond donors (Lipinski definition) is 1. The van der Waals surface area contributed by atoms with E-state index in [1.807, 2.05) is 24.3 Å². The molecule has 0 aliphatic heterocycles. The average Bonchev–Trinajstić information content (AvgIpc) is 2.59. The summed E-state index contributed by atoms with van der Waals surface area (Å²) in [5.41, 5.74) is 2.42. The quantitative estimate of drug-likeness (QED) is 0.554. The van der Waals surface area contributed by atoms with Gasteiger partial charge in [-0.1, -0.05) is 55.3 Å². The lowest BCUT2D eigenvalue weighted by atomic mass is 9.96. The Hall–Kier alpha value is -1.42. The first-order chi connectivity index (χ1) is 10.8. The summed E-state index contributed by atoms with van der Waals surface area (Å²) in [4.78, 5) is 0. The topological polar surface area (TPSA) is 38.7 Å². The fraction of sp³-hybridized carbons (Fsp3) is 0.474. The predicted octanol–water partition coefficient (Wildman–Crippen LogP) is 3.94. The van der Waals surface area contributed by atoms with E-state index in [1.54, 1.807) is 7.11 Å². The van der Waals surface area contributed by atoms with Crippen LogP contribution in [0, 0.1) is 0 Å². The second kappa shape index (κ2) is 8.89. The highest BCUT2D eigenvalue weighted by Crippen LogP contribution is 2.30. The van der Waals surface area contributed by atoms with Crippen LogP contribution in [-0.2, 0) is 9.47 Å². The van der Waals surface area contributed by atoms with Crippen LogP contribution in [-0.4, -0.2) is 31.2 Å². The van der Waals surface area contributed by atoms with Crippen LogP contribution in [0.25, 0.3) is 5.57 Å². The van der Waals surface area contributed by atoms with Gasteiger partial charge in [-0.3, -0.25) is 0 Å². The molecule has 1 aromatic rings. The monoisotopic (exact) mass is 302 g/mol. The van der Waals surface area contributed by atoms with Crippen molar-refractivity contribution in [3.63, 3.8) is 0 Å². The van der Waals surface area contributed by atoms with E-state index in [9.17, 15) is 0 Å². The summed E-state index contributed by atoms with van der Waals surface area (Å²) in [7, 11) is 1.69. The number of ether oxygens (including phenoxy) is 2. The number of unbranched alkanes of at least 4 members (excludes halogenated alkanes) is 3. The van der Waals surface area contributed by atoms with Crippen molar-refractivity contribution in [1.82, 2.24) is 0 Å². The molecule has 0 aromatic heterocycles. The van der Waals surface area contributed by atoms with Crippen molar-refractivity contribution in [3.05, 3.63) is 54.1 Å². The second-order valence-electron chi connectivity index (χ2n) is 5.57. The Bertz CT molecular complexity index is 493. The fourth-order valence-electron chi connectivity index (χ4n) is 2.58. The fourth-order valence-corrected chi connectivity index (χ4v) is 2.58. The van der Waals surface area contributed by atoms with Crippen LogP contribution in [0.5, 0.6) is 0 Å². The minimum Gasteiger partial charge on any atom is -0.396 e. The van der Waals surface area contributed by atoms with E-state index in [4.69, 9.17) is 14.6 Å². The molecule has 1 aliphatic carbocycles. The van der Waals surface area contributed by atoms with Crippen LogP contribution in [0.3, 0.4) is 0 Å². The molecule has 1 aromatic carbocycles. The Morgan fingerprint density at radius 2 is 1.86 bits per heavy atom. The molecule has 3 nitrogen and oxygen atoms in total. The SMILES string of the molecule is COC1(OCCCCCCO)C=CC(c2ccccc2)=CC1. The Kier molecular flexibility index (Phi) is 6.84. The molecule has 1 atom stereocenters. The van der Waals surface area contributed by atoms with Crippen LogP contribution in [0.4, 0.5) is 0 Å². The van der Waals surface area contributed by atoms with E-state index >= 15 is 0 Å². The first kappa shape index (κ1) is 16.9. The first-order valence-corrected chi connectivity index (χ1v) is 8.04. The molecule has 0 bridgehead atoms. The standard InChI is InChI=1S/C19H26O3/c1-21-19(22-16-8-3-2-7-15-20)13-11-18(12-14-19)17-9-5-4-6-10-17/h4-6,9-13,20H,2-3,7-8,14-16H2,1H3. The molecule has 0 fully saturated rings. The van der Waals surface area contributed by atoms with Crippen LogP contribution in [0.2, 0.25) is 0 Å². The van der Waals surface area contributed by atoms with E-state index in [-0.39, 0.29) is 6.61 Å². The van der Waals surface area contributed by atoms with Crippen molar-refractivity contribution in [1.29, 1.82) is 0 Å². The van der Waals surface area contributed by atoms with Crippen molar-refractivity contribution in [2.24, 2.45) is 0 Å². The van der Waals surface area contributed by atoms with E-state index in [0.29, 0.717) is 6.61 Å². The van der Waals surface area contributed by atoms with Gasteiger partial charge in [0.1, 0.15) is 0 Å². The van der Waals surface area contributed by atoms with Gasteiger partial charge >= 0.3 is 0 Å². The zero-order valence-corrected chi connectivity index (χ0v) is 13.3. The third-order valence-electron chi connectivity index (χ3n) is 3.97. The lowest BCUT2D eigenvalue weighted by molar-refractivity contribution is -0.186. The zero-order chi connectivity index (χ0) is 15.7. The van der Waals surface area contributed by atoms with Crippen molar-refractivity contribution in [2.45, 2.75) is 37.9 Å². The van der Waals surface area contributed by atoms with Gasteiger partial charge in [-0.05, 0) is 30.1 Å². The van der Waals surface area contributed by atoms with Crippen LogP contribution >= 0.6 is 0 Å². The summed E-state index contributed by atoms with van der Waals surface area (Å²) < 4.78 is 11.6. The normalized spacial score (nSPS) is 20.9. The minimum atomic E-state index is -0.630. The molecule has 3 heteroatoms. The Morgan fingerprint density at radius 3 is 2.50 bits per heavy atom. The maximum atomic E-state index is 8.76. The summed E-state index contributed by atoms with van der Waals surface area (Å²) >= 11 is 0. The maximum Gasteiger partial charge on any atom is 0.191 e. The largest absolute Gasteiger partial charge is 0.396 e. The van der Waals surface area contributed by atoms with E-state index in [1.165, 1.54) is 11.1 Å². The third kappa shape index (κ3) is 4.80. The first-order valence-electron chi connectivity index (χ1n) is 8.04. The van der Waals surface area contributed by atoms with Gasteiger partial charge in [-0.25, -0.2) is 0 Å². The van der Waals surface area contributed by atoms with E-state index in [2.05, 4.69) is 24.3 Å². The maximum absolute atomic E-state index is 8.76. The Morgan fingerprint density at radius 1 is 1.09 bits per heavy atom. The molecule has 0 saturated heterocycles. The number of aliphatic hydroxyl groups excluding tert-OH is 1. The van der Waals surface area contributed by atoms with Gasteiger partial charge < -0.3 is 14.6 Å². The summed E-state index contributed by atoms with van der Waals surface area (Å²) in [6.45, 7) is 0.955. The smallest absolute Gasteiger partial charge is 0.191 e. The number of rotatable bonds is 9. The highest BCUT2D eigenvalue weighted by atomic mass is 16.7. The number of aliphatic hydroxyl groups is 1. The molecular formula is C19H26O3. The van der Waals surface area contributed by atoms with Crippen molar-refractivity contribution in [2.75, 3.05) is 20.3 Å². The van der Waals surface area contributed by atoms with Gasteiger partial charge in [0.15, 0.2) is 5.79 Å². The number of hydrogen-bond acceptors (Lipinski definition) is 3. The highest BCUT2D eigenvalue weighted by molar-refractivity contribution is 5.75. The Balaban J connectivity index is 1.83. The molecule has 0 amide bonds. The average molecular weight is 302 g/mol. The van der Waals surface area contributed by atoms with Gasteiger partial charge in [-0.2, -0.15) is 0 Å². The predicted molar refractivity (Wildman–Crippen MR) is 89.4 cm³/mol. The summed E-state index contributed by atoms with van der Waals surface area (Å²) in [6, 6.07) is 10.3. The van der Waals surface area contributed by atoms with Crippen LogP contribution in [0.15, 0.2) is 48.6 Å². The molecule has 0 spiro atoms. The number of benzene rings is 1. The van der Waals surface area contributed by atoms with Gasteiger partial charge in [0.05, 0.1) is 6.61 Å². The molecular weight excluding hydrogens is 276 g/mol. The Labute approximate surface area is 133 Å². The lowest BCUT2D eigenvalue weighted by Crippen LogP contribution is -2.33. The molecule has 1 N–H and O–H groups in total. The van der Waals surface area contributed by atoms with Crippen LogP contribution < -0.4 is 0 Å². The molecule has 1 aliphatic rings. The summed E-state index contributed by atoms with van der Waals surface area (Å²) in [5, 5.41) is 8.76. The minimum absolute atomic E-state index is 0.276. The van der Waals surface area contributed by atoms with E-state index in [0.717, 1.165) is 32.1 Å². The van der Waals surface area contributed by atoms with E-state index < -0.39 is 5.79 Å². The second-order valence-corrected chi connectivity index (χ2v) is 5.57. The summed E-state index contributed by atoms with van der Waals surface area (Å²) in [5.74, 6) is -0.630. The third-order valence-corrected chi connectivity index (χ3v) is 3.97. The summed E-state index contributed by atoms with van der Waals surface area (Å²) in [6.07, 6.45) is 11.0. The molecule has 0 radical (unpaired) electrons. The van der Waals surface area contributed by atoms with Crippen molar-refractivity contribution < 1.29 is 14.6 Å². The van der Waals surface area contributed by atoms with Crippen molar-refractivity contribution in [3.8, 4) is 0 Å². The number of allylic oxidation sites excluding steroid dienone is 2. The molecule has 22 heavy (non-hydrogen) atoms. The van der Waals surface area contributed by atoms with Crippen molar-refractivity contribution >= 4 is 5.57 Å². The lowest BCUT2D eigenvalue weighted by Gasteiger charge is -2.31. The molecule has 2 rings (SSSR count).